The van der Waals surface area contributed by atoms with E-state index in [0.29, 0.717) is 11.6 Å². The molecule has 0 spiro atoms. The van der Waals surface area contributed by atoms with Crippen LogP contribution in [0.5, 0.6) is 0 Å². The first-order chi connectivity index (χ1) is 14.9. The molecule has 0 fully saturated rings. The molecule has 3 heterocycles. The van der Waals surface area contributed by atoms with E-state index in [9.17, 15) is 0 Å². The van der Waals surface area contributed by atoms with Crippen molar-refractivity contribution in [3.05, 3.63) is 104 Å². The minimum Gasteiger partial charge on any atom is -0.256 e. The van der Waals surface area contributed by atoms with Gasteiger partial charge in [0.2, 0.25) is 0 Å². The number of nitrogens with zero attached hydrogens (tertiary/aromatic N) is 5. The van der Waals surface area contributed by atoms with Gasteiger partial charge in [-0.05, 0) is 36.4 Å². The van der Waals surface area contributed by atoms with Crippen molar-refractivity contribution in [2.24, 2.45) is 0 Å². The highest BCUT2D eigenvalue weighted by molar-refractivity contribution is 5.70. The van der Waals surface area contributed by atoms with Crippen LogP contribution in [0.4, 0.5) is 0 Å². The quantitative estimate of drug-likeness (QED) is 0.417. The molecular formula is C25H17N5. The fourth-order valence-corrected chi connectivity index (χ4v) is 3.28. The minimum atomic E-state index is 0.626. The van der Waals surface area contributed by atoms with Crippen LogP contribution in [0.15, 0.2) is 104 Å². The predicted molar refractivity (Wildman–Crippen MR) is 117 cm³/mol. The molecular weight excluding hydrogens is 370 g/mol. The van der Waals surface area contributed by atoms with Crippen molar-refractivity contribution in [2.45, 2.75) is 0 Å². The molecule has 5 heteroatoms. The maximum atomic E-state index is 4.72. The fraction of sp³-hybridized carbons (Fsp3) is 0. The van der Waals surface area contributed by atoms with Gasteiger partial charge in [-0.3, -0.25) is 9.97 Å². The van der Waals surface area contributed by atoms with Gasteiger partial charge in [-0.15, -0.1) is 0 Å². The molecule has 0 amide bonds. The summed E-state index contributed by atoms with van der Waals surface area (Å²) in [5, 5.41) is 0. The van der Waals surface area contributed by atoms with Crippen LogP contribution < -0.4 is 0 Å². The number of benzene rings is 2. The van der Waals surface area contributed by atoms with Gasteiger partial charge < -0.3 is 0 Å². The summed E-state index contributed by atoms with van der Waals surface area (Å²) in [5.74, 6) is 1.25. The molecule has 0 N–H and O–H groups in total. The molecule has 0 saturated heterocycles. The van der Waals surface area contributed by atoms with Crippen LogP contribution in [0.2, 0.25) is 0 Å². The molecule has 0 saturated carbocycles. The summed E-state index contributed by atoms with van der Waals surface area (Å²) in [6, 6.07) is 27.9. The van der Waals surface area contributed by atoms with Gasteiger partial charge in [0.1, 0.15) is 6.33 Å². The highest BCUT2D eigenvalue weighted by atomic mass is 15.0. The summed E-state index contributed by atoms with van der Waals surface area (Å²) in [4.78, 5) is 22.4. The van der Waals surface area contributed by atoms with E-state index in [1.165, 1.54) is 0 Å². The van der Waals surface area contributed by atoms with Gasteiger partial charge >= 0.3 is 0 Å². The Morgan fingerprint density at radius 2 is 0.933 bits per heavy atom. The smallest absolute Gasteiger partial charge is 0.163 e. The Bertz CT molecular complexity index is 1190. The highest BCUT2D eigenvalue weighted by Gasteiger charge is 2.09. The third-order valence-electron chi connectivity index (χ3n) is 4.73. The number of rotatable bonds is 4. The highest BCUT2D eigenvalue weighted by Crippen LogP contribution is 2.26. The van der Waals surface area contributed by atoms with Crippen LogP contribution in [-0.2, 0) is 0 Å². The molecule has 0 aliphatic carbocycles. The maximum Gasteiger partial charge on any atom is 0.163 e. The average Bonchev–Trinajstić information content (AvgIpc) is 2.85. The van der Waals surface area contributed by atoms with Gasteiger partial charge in [0.05, 0.1) is 11.4 Å². The predicted octanol–water partition coefficient (Wildman–Crippen LogP) is 5.33. The molecule has 5 nitrogen and oxygen atoms in total. The van der Waals surface area contributed by atoms with Crippen molar-refractivity contribution >= 4 is 0 Å². The first-order valence-electron chi connectivity index (χ1n) is 9.59. The Balaban J connectivity index is 1.52. The van der Waals surface area contributed by atoms with E-state index >= 15 is 0 Å². The van der Waals surface area contributed by atoms with Crippen LogP contribution in [0, 0.1) is 0 Å². The van der Waals surface area contributed by atoms with Crippen LogP contribution in [0.1, 0.15) is 0 Å². The molecule has 5 rings (SSSR count). The van der Waals surface area contributed by atoms with Gasteiger partial charge in [0, 0.05) is 34.6 Å². The average molecular weight is 387 g/mol. The Morgan fingerprint density at radius 3 is 1.40 bits per heavy atom. The lowest BCUT2D eigenvalue weighted by molar-refractivity contribution is 1.06. The van der Waals surface area contributed by atoms with Gasteiger partial charge in [-0.25, -0.2) is 15.0 Å². The van der Waals surface area contributed by atoms with E-state index in [1.807, 2.05) is 84.9 Å². The number of aromatic nitrogens is 5. The molecule has 2 aromatic carbocycles. The molecule has 30 heavy (non-hydrogen) atoms. The second kappa shape index (κ2) is 8.01. The lowest BCUT2D eigenvalue weighted by Crippen LogP contribution is -1.96. The van der Waals surface area contributed by atoms with E-state index < -0.39 is 0 Å². The van der Waals surface area contributed by atoms with Crippen molar-refractivity contribution in [3.8, 4) is 45.3 Å². The molecule has 3 aromatic heterocycles. The van der Waals surface area contributed by atoms with Gasteiger partial charge in [0.15, 0.2) is 11.6 Å². The summed E-state index contributed by atoms with van der Waals surface area (Å²) >= 11 is 0. The second-order valence-electron chi connectivity index (χ2n) is 6.72. The standard InChI is InChI=1S/C25H17N5/c1-3-13-26-22(11-1)18-7-5-9-20(15-18)24-28-17-29-25(30-24)21-10-6-8-19(16-21)23-12-2-4-14-27-23/h1-17H. The molecule has 0 atom stereocenters. The third kappa shape index (κ3) is 3.69. The van der Waals surface area contributed by atoms with Gasteiger partial charge in [0.25, 0.3) is 0 Å². The third-order valence-corrected chi connectivity index (χ3v) is 4.73. The molecule has 0 aliphatic heterocycles. The normalized spacial score (nSPS) is 10.7. The lowest BCUT2D eigenvalue weighted by Gasteiger charge is -2.07. The molecule has 5 aromatic rings. The Morgan fingerprint density at radius 1 is 0.433 bits per heavy atom. The summed E-state index contributed by atoms with van der Waals surface area (Å²) in [6.07, 6.45) is 5.13. The van der Waals surface area contributed by atoms with E-state index in [-0.39, 0.29) is 0 Å². The Labute approximate surface area is 174 Å². The maximum absolute atomic E-state index is 4.72. The summed E-state index contributed by atoms with van der Waals surface area (Å²) in [5.41, 5.74) is 5.71. The van der Waals surface area contributed by atoms with Crippen molar-refractivity contribution in [2.75, 3.05) is 0 Å². The van der Waals surface area contributed by atoms with Crippen LogP contribution in [0.25, 0.3) is 45.3 Å². The molecule has 142 valence electrons. The zero-order chi connectivity index (χ0) is 20.2. The lowest BCUT2D eigenvalue weighted by atomic mass is 10.1. The van der Waals surface area contributed by atoms with E-state index in [1.54, 1.807) is 18.7 Å². The Kier molecular flexibility index (Phi) is 4.76. The first kappa shape index (κ1) is 17.8. The van der Waals surface area contributed by atoms with Crippen molar-refractivity contribution in [3.63, 3.8) is 0 Å². The zero-order valence-corrected chi connectivity index (χ0v) is 16.1. The van der Waals surface area contributed by atoms with E-state index in [4.69, 9.17) is 4.98 Å². The van der Waals surface area contributed by atoms with Crippen molar-refractivity contribution < 1.29 is 0 Å². The number of pyridine rings is 2. The molecule has 0 aliphatic rings. The van der Waals surface area contributed by atoms with Crippen molar-refractivity contribution in [1.82, 2.24) is 24.9 Å². The number of hydrogen-bond acceptors (Lipinski definition) is 5. The monoisotopic (exact) mass is 387 g/mol. The van der Waals surface area contributed by atoms with Gasteiger partial charge in [-0.2, -0.15) is 0 Å². The largest absolute Gasteiger partial charge is 0.256 e. The van der Waals surface area contributed by atoms with Crippen molar-refractivity contribution in [1.29, 1.82) is 0 Å². The second-order valence-corrected chi connectivity index (χ2v) is 6.72. The molecule has 0 bridgehead atoms. The van der Waals surface area contributed by atoms with Crippen LogP contribution in [-0.4, -0.2) is 24.9 Å². The molecule has 0 radical (unpaired) electrons. The van der Waals surface area contributed by atoms with E-state index in [0.717, 1.165) is 33.6 Å². The summed E-state index contributed by atoms with van der Waals surface area (Å²) in [6.45, 7) is 0. The fourth-order valence-electron chi connectivity index (χ4n) is 3.28. The van der Waals surface area contributed by atoms with Crippen LogP contribution in [0.3, 0.4) is 0 Å². The Hall–Kier alpha value is -4.25. The SMILES string of the molecule is c1ccc(-c2cccc(-c3ncnc(-c4cccc(-c5ccccn5)c4)n3)c2)nc1. The minimum absolute atomic E-state index is 0.626. The van der Waals surface area contributed by atoms with E-state index in [2.05, 4.69) is 19.9 Å². The van der Waals surface area contributed by atoms with Crippen LogP contribution >= 0.6 is 0 Å². The summed E-state index contributed by atoms with van der Waals surface area (Å²) < 4.78 is 0. The van der Waals surface area contributed by atoms with Gasteiger partial charge in [-0.1, -0.05) is 48.5 Å². The zero-order valence-electron chi connectivity index (χ0n) is 16.1. The number of hydrogen-bond donors (Lipinski definition) is 0. The first-order valence-corrected chi connectivity index (χ1v) is 9.59. The topological polar surface area (TPSA) is 64.5 Å². The molecule has 0 unspecified atom stereocenters. The summed E-state index contributed by atoms with van der Waals surface area (Å²) in [7, 11) is 0.